The van der Waals surface area contributed by atoms with Gasteiger partial charge in [0.2, 0.25) is 5.91 Å². The third kappa shape index (κ3) is 5.45. The molecule has 2 aliphatic rings. The third-order valence-corrected chi connectivity index (χ3v) is 7.38. The molecule has 0 bridgehead atoms. The number of anilines is 2. The first-order valence-corrected chi connectivity index (χ1v) is 13.1. The zero-order valence-electron chi connectivity index (χ0n) is 22.5. The molecule has 3 heterocycles. The second kappa shape index (κ2) is 11.0. The summed E-state index contributed by atoms with van der Waals surface area (Å²) < 4.78 is 63.0. The van der Waals surface area contributed by atoms with Crippen LogP contribution in [-0.4, -0.2) is 66.7 Å². The number of ether oxygens (including phenoxy) is 1. The van der Waals surface area contributed by atoms with Crippen molar-refractivity contribution >= 4 is 17.3 Å². The molecule has 0 saturated carbocycles. The number of carbonyl (C=O) groups is 1. The van der Waals surface area contributed by atoms with Gasteiger partial charge in [0.1, 0.15) is 5.69 Å². The molecule has 1 amide bonds. The fourth-order valence-electron chi connectivity index (χ4n) is 5.55. The number of methoxy groups -OCH3 is 1. The Morgan fingerprint density at radius 3 is 2.66 bits per heavy atom. The smallest absolute Gasteiger partial charge is 0.418 e. The number of rotatable bonds is 7. The first kappa shape index (κ1) is 28.4. The second-order valence-electron chi connectivity index (χ2n) is 10.0. The van der Waals surface area contributed by atoms with Gasteiger partial charge in [0.05, 0.1) is 30.7 Å². The van der Waals surface area contributed by atoms with Crippen LogP contribution in [0.15, 0.2) is 41.2 Å². The van der Waals surface area contributed by atoms with Crippen LogP contribution in [0.25, 0.3) is 16.9 Å². The summed E-state index contributed by atoms with van der Waals surface area (Å²) in [5.74, 6) is -0.906. The van der Waals surface area contributed by atoms with Gasteiger partial charge in [-0.2, -0.15) is 23.0 Å². The maximum absolute atomic E-state index is 14.3. The number of aromatic nitrogens is 2. The van der Waals surface area contributed by atoms with E-state index < -0.39 is 28.8 Å². The highest BCUT2D eigenvalue weighted by molar-refractivity contribution is 5.75. The number of nitrogens with one attached hydrogen (secondary N) is 1. The summed E-state index contributed by atoms with van der Waals surface area (Å²) in [6.45, 7) is 2.47. The largest absolute Gasteiger partial charge is 0.494 e. The van der Waals surface area contributed by atoms with E-state index in [1.54, 1.807) is 4.90 Å². The maximum atomic E-state index is 14.3. The van der Waals surface area contributed by atoms with E-state index in [-0.39, 0.29) is 42.2 Å². The summed E-state index contributed by atoms with van der Waals surface area (Å²) >= 11 is 0. The number of fused-ring (bicyclic) bond motifs is 1. The zero-order chi connectivity index (χ0) is 29.5. The minimum Gasteiger partial charge on any atom is -0.494 e. The van der Waals surface area contributed by atoms with E-state index in [0.717, 1.165) is 10.7 Å². The van der Waals surface area contributed by atoms with Crippen LogP contribution in [-0.2, 0) is 17.4 Å². The number of benzene rings is 2. The summed E-state index contributed by atoms with van der Waals surface area (Å²) in [5, 5.41) is 16.9. The molecule has 1 atom stereocenters. The van der Waals surface area contributed by atoms with Gasteiger partial charge >= 0.3 is 6.18 Å². The monoisotopic (exact) mass is 575 g/mol. The van der Waals surface area contributed by atoms with Crippen molar-refractivity contribution in [2.45, 2.75) is 32.0 Å². The van der Waals surface area contributed by atoms with Crippen LogP contribution in [0.5, 0.6) is 5.75 Å². The van der Waals surface area contributed by atoms with Gasteiger partial charge in [-0.25, -0.2) is 4.39 Å². The lowest BCUT2D eigenvalue weighted by atomic mass is 10.0. The topological polar surface area (TPSA) is 99.9 Å². The van der Waals surface area contributed by atoms with Gasteiger partial charge in [-0.05, 0) is 49.2 Å². The van der Waals surface area contributed by atoms with Gasteiger partial charge < -0.3 is 25.0 Å². The Hall–Kier alpha value is -4.13. The summed E-state index contributed by atoms with van der Waals surface area (Å²) in [7, 11) is 1.29. The lowest BCUT2D eigenvalue weighted by Gasteiger charge is -2.23. The maximum Gasteiger partial charge on any atom is 0.418 e. The molecule has 2 aromatic carbocycles. The number of β-amino-alcohol motifs (C(OH)–C–C–N with tert-alkyl or cyclic N) is 1. The fraction of sp³-hybridized carbons (Fsp3) is 0.393. The van der Waals surface area contributed by atoms with E-state index in [1.165, 1.54) is 44.4 Å². The molecule has 0 spiro atoms. The Morgan fingerprint density at radius 1 is 1.20 bits per heavy atom. The molecule has 1 fully saturated rings. The van der Waals surface area contributed by atoms with Crippen LogP contribution in [0, 0.1) is 5.82 Å². The molecule has 0 radical (unpaired) electrons. The van der Waals surface area contributed by atoms with Gasteiger partial charge in [0.15, 0.2) is 11.6 Å². The molecule has 3 aromatic rings. The molecule has 0 unspecified atom stereocenters. The number of carbonyl (C=O) groups excluding carboxylic acids is 1. The Balaban J connectivity index is 1.71. The van der Waals surface area contributed by atoms with Crippen LogP contribution in [0.2, 0.25) is 0 Å². The number of halogens is 4. The zero-order valence-corrected chi connectivity index (χ0v) is 22.5. The molecule has 13 heteroatoms. The summed E-state index contributed by atoms with van der Waals surface area (Å²) in [6, 6.07) is 7.35. The van der Waals surface area contributed by atoms with Gasteiger partial charge in [-0.1, -0.05) is 0 Å². The molecule has 5 rings (SSSR count). The number of hydrogen-bond acceptors (Lipinski definition) is 7. The quantitative estimate of drug-likeness (QED) is 0.418. The summed E-state index contributed by atoms with van der Waals surface area (Å²) in [4.78, 5) is 28.8. The van der Waals surface area contributed by atoms with E-state index in [0.29, 0.717) is 49.3 Å². The van der Waals surface area contributed by atoms with Crippen molar-refractivity contribution in [2.75, 3.05) is 49.7 Å². The molecule has 0 aliphatic carbocycles. The van der Waals surface area contributed by atoms with E-state index >= 15 is 0 Å². The van der Waals surface area contributed by atoms with E-state index in [2.05, 4.69) is 10.4 Å². The summed E-state index contributed by atoms with van der Waals surface area (Å²) in [5.41, 5.74) is -0.630. The number of nitrogens with zero attached hydrogens (tertiary/aromatic N) is 4. The SMILES string of the molecule is COc1cc(-c2nn(-c3cc(N4CC[C@@H](NC(C)=O)C4)ccc3C(F)(F)F)c(=O)c3c2CCN3CCO)ccc1F. The Labute approximate surface area is 232 Å². The minimum absolute atomic E-state index is 0.0817. The first-order valence-electron chi connectivity index (χ1n) is 13.1. The minimum atomic E-state index is -4.80. The summed E-state index contributed by atoms with van der Waals surface area (Å²) in [6.07, 6.45) is -3.83. The van der Waals surface area contributed by atoms with Gasteiger partial charge in [0, 0.05) is 56.0 Å². The van der Waals surface area contributed by atoms with Gasteiger partial charge in [-0.15, -0.1) is 0 Å². The van der Waals surface area contributed by atoms with Gasteiger partial charge in [0.25, 0.3) is 5.56 Å². The predicted octanol–water partition coefficient (Wildman–Crippen LogP) is 3.14. The van der Waals surface area contributed by atoms with Crippen LogP contribution in [0.4, 0.5) is 28.9 Å². The Bertz CT molecular complexity index is 1540. The number of alkyl halides is 3. The highest BCUT2D eigenvalue weighted by Crippen LogP contribution is 2.38. The predicted molar refractivity (Wildman–Crippen MR) is 144 cm³/mol. The van der Waals surface area contributed by atoms with Crippen LogP contribution in [0.3, 0.4) is 0 Å². The molecule has 1 saturated heterocycles. The lowest BCUT2D eigenvalue weighted by molar-refractivity contribution is -0.137. The number of aliphatic hydroxyl groups excluding tert-OH is 1. The van der Waals surface area contributed by atoms with Crippen molar-refractivity contribution < 1.29 is 32.2 Å². The van der Waals surface area contributed by atoms with Crippen molar-refractivity contribution in [1.29, 1.82) is 0 Å². The van der Waals surface area contributed by atoms with E-state index in [4.69, 9.17) is 4.74 Å². The van der Waals surface area contributed by atoms with E-state index in [9.17, 15) is 32.3 Å². The first-order chi connectivity index (χ1) is 19.5. The van der Waals surface area contributed by atoms with Gasteiger partial charge in [-0.3, -0.25) is 9.59 Å². The molecule has 41 heavy (non-hydrogen) atoms. The average Bonchev–Trinajstić information content (AvgIpc) is 3.56. The van der Waals surface area contributed by atoms with Crippen LogP contribution in [0.1, 0.15) is 24.5 Å². The Morgan fingerprint density at radius 2 is 1.98 bits per heavy atom. The van der Waals surface area contributed by atoms with Crippen LogP contribution < -0.4 is 25.4 Å². The van der Waals surface area contributed by atoms with Crippen molar-refractivity contribution in [1.82, 2.24) is 15.1 Å². The fourth-order valence-corrected chi connectivity index (χ4v) is 5.55. The molecule has 9 nitrogen and oxygen atoms in total. The van der Waals surface area contributed by atoms with Crippen molar-refractivity contribution in [2.24, 2.45) is 0 Å². The molecular weight excluding hydrogens is 546 g/mol. The number of aliphatic hydroxyl groups is 1. The molecule has 2 aliphatic heterocycles. The molecule has 2 N–H and O–H groups in total. The lowest BCUT2D eigenvalue weighted by Crippen LogP contribution is -2.35. The normalized spacial score (nSPS) is 16.7. The molecule has 218 valence electrons. The van der Waals surface area contributed by atoms with Crippen LogP contribution >= 0.6 is 0 Å². The highest BCUT2D eigenvalue weighted by Gasteiger charge is 2.37. The highest BCUT2D eigenvalue weighted by atomic mass is 19.4. The number of amides is 1. The Kier molecular flexibility index (Phi) is 7.64. The third-order valence-electron chi connectivity index (χ3n) is 7.38. The van der Waals surface area contributed by atoms with Crippen molar-refractivity contribution in [3.63, 3.8) is 0 Å². The average molecular weight is 576 g/mol. The number of hydrogen-bond donors (Lipinski definition) is 2. The van der Waals surface area contributed by atoms with E-state index in [1.807, 2.05) is 4.90 Å². The molecular formula is C28H29F4N5O4. The standard InChI is InChI=1S/C28H29F4N5O4/c1-16(39)33-18-7-9-36(15-18)19-4-5-21(28(30,31)32)23(14-19)37-27(40)26-20(8-10-35(26)11-12-38)25(34-37)17-3-6-22(29)24(13-17)41-2/h3-6,13-14,18,38H,7-12,15H2,1-2H3,(H,33,39)/t18-/m1/s1. The van der Waals surface area contributed by atoms with Crippen molar-refractivity contribution in [3.05, 3.63) is 63.7 Å². The second-order valence-corrected chi connectivity index (χ2v) is 10.0. The van der Waals surface area contributed by atoms with Crippen molar-refractivity contribution in [3.8, 4) is 22.7 Å². The molecule has 1 aromatic heterocycles.